The quantitative estimate of drug-likeness (QED) is 0.276. The van der Waals surface area contributed by atoms with Crippen LogP contribution in [0.4, 0.5) is 14.6 Å². The molecule has 1 atom stereocenters. The van der Waals surface area contributed by atoms with Crippen molar-refractivity contribution in [3.05, 3.63) is 101 Å². The molecular weight excluding hydrogens is 580 g/mol. The van der Waals surface area contributed by atoms with Gasteiger partial charge in [0.05, 0.1) is 22.4 Å². The van der Waals surface area contributed by atoms with Crippen molar-refractivity contribution in [2.45, 2.75) is 26.0 Å². The topological polar surface area (TPSA) is 61.7 Å². The molecule has 7 nitrogen and oxygen atoms in total. The second-order valence-electron chi connectivity index (χ2n) is 11.2. The molecule has 3 heterocycles. The van der Waals surface area contributed by atoms with Crippen molar-refractivity contribution in [2.24, 2.45) is 0 Å². The molecule has 0 aliphatic carbocycles. The lowest BCUT2D eigenvalue weighted by atomic mass is 9.99. The summed E-state index contributed by atoms with van der Waals surface area (Å²) in [7, 11) is 0. The number of likely N-dealkylation sites (N-methyl/N-ethyl adjacent to an activating group) is 1. The van der Waals surface area contributed by atoms with Gasteiger partial charge in [-0.05, 0) is 43.7 Å². The molecule has 1 aromatic heterocycles. The number of amides is 2. The molecule has 0 spiro atoms. The Bertz CT molecular complexity index is 1700. The third-order valence-corrected chi connectivity index (χ3v) is 9.89. The van der Waals surface area contributed by atoms with Crippen molar-refractivity contribution in [3.63, 3.8) is 0 Å². The molecule has 10 heteroatoms. The van der Waals surface area contributed by atoms with Gasteiger partial charge in [-0.25, -0.2) is 13.5 Å². The SMILES string of the molecule is CCN1CCN(C(=O)CN2C(=O)CSC(c3ccc(F)cc3F)c3c(-c4ccccc4)nn(-c4cccc(C)c4C)c32)CC1. The number of aryl methyl sites for hydroxylation is 1. The Morgan fingerprint density at radius 1 is 0.977 bits per heavy atom. The van der Waals surface area contributed by atoms with Crippen LogP contribution in [0.1, 0.15) is 34.4 Å². The molecule has 6 rings (SSSR count). The third-order valence-electron chi connectivity index (χ3n) is 8.65. The number of rotatable bonds is 6. The fourth-order valence-electron chi connectivity index (χ4n) is 5.97. The van der Waals surface area contributed by atoms with Crippen LogP contribution in [0.3, 0.4) is 0 Å². The first-order valence-corrected chi connectivity index (χ1v) is 15.9. The van der Waals surface area contributed by atoms with Crippen molar-refractivity contribution in [1.82, 2.24) is 19.6 Å². The van der Waals surface area contributed by atoms with Crippen LogP contribution in [0.2, 0.25) is 0 Å². The van der Waals surface area contributed by atoms with Crippen LogP contribution in [0, 0.1) is 25.5 Å². The van der Waals surface area contributed by atoms with E-state index in [1.54, 1.807) is 4.68 Å². The minimum absolute atomic E-state index is 0.00802. The van der Waals surface area contributed by atoms with Crippen molar-refractivity contribution in [2.75, 3.05) is 49.9 Å². The molecular formula is C34H35F2N5O2S. The summed E-state index contributed by atoms with van der Waals surface area (Å²) in [5.41, 5.74) is 5.00. The normalized spacial score (nSPS) is 17.5. The van der Waals surface area contributed by atoms with Crippen LogP contribution in [-0.4, -0.2) is 76.4 Å². The average Bonchev–Trinajstić information content (AvgIpc) is 3.35. The molecule has 0 saturated carbocycles. The van der Waals surface area contributed by atoms with Gasteiger partial charge >= 0.3 is 0 Å². The van der Waals surface area contributed by atoms with Crippen molar-refractivity contribution in [3.8, 4) is 16.9 Å². The third kappa shape index (κ3) is 5.64. The molecule has 0 radical (unpaired) electrons. The lowest BCUT2D eigenvalue weighted by Crippen LogP contribution is -2.52. The van der Waals surface area contributed by atoms with E-state index in [0.717, 1.165) is 48.1 Å². The van der Waals surface area contributed by atoms with Gasteiger partial charge in [-0.15, -0.1) is 11.8 Å². The number of hydrogen-bond acceptors (Lipinski definition) is 5. The first kappa shape index (κ1) is 30.0. The number of aromatic nitrogens is 2. The Labute approximate surface area is 260 Å². The standard InChI is InChI=1S/C34H35F2N5O2S/c1-4-38-15-17-39(18-16-38)29(42)20-40-30(43)21-44-33(26-14-13-25(35)19-27(26)36)31-32(24-10-6-5-7-11-24)37-41(34(31)40)28-12-8-9-22(2)23(28)3/h5-14,19,33H,4,15-18,20-21H2,1-3H3. The van der Waals surface area contributed by atoms with Gasteiger partial charge in [-0.3, -0.25) is 14.5 Å². The number of fused-ring (bicyclic) bond motifs is 1. The summed E-state index contributed by atoms with van der Waals surface area (Å²) in [5.74, 6) is -1.35. The number of hydrogen-bond donors (Lipinski definition) is 0. The molecule has 1 saturated heterocycles. The number of thioether (sulfide) groups is 1. The van der Waals surface area contributed by atoms with Gasteiger partial charge in [0.2, 0.25) is 11.8 Å². The summed E-state index contributed by atoms with van der Waals surface area (Å²) in [6, 6.07) is 19.0. The number of anilines is 1. The van der Waals surface area contributed by atoms with Crippen molar-refractivity contribution < 1.29 is 18.4 Å². The summed E-state index contributed by atoms with van der Waals surface area (Å²) < 4.78 is 31.3. The van der Waals surface area contributed by atoms with E-state index in [1.807, 2.05) is 67.3 Å². The molecule has 2 aliphatic heterocycles. The highest BCUT2D eigenvalue weighted by molar-refractivity contribution is 8.00. The van der Waals surface area contributed by atoms with Crippen molar-refractivity contribution >= 4 is 29.4 Å². The van der Waals surface area contributed by atoms with Gasteiger partial charge in [0.25, 0.3) is 0 Å². The number of benzene rings is 3. The van der Waals surface area contributed by atoms with Gasteiger partial charge in [0, 0.05) is 48.9 Å². The molecule has 0 bridgehead atoms. The smallest absolute Gasteiger partial charge is 0.242 e. The summed E-state index contributed by atoms with van der Waals surface area (Å²) in [5, 5.41) is 4.42. The fraction of sp³-hybridized carbons (Fsp3) is 0.324. The maximum atomic E-state index is 15.5. The van der Waals surface area contributed by atoms with Crippen LogP contribution in [-0.2, 0) is 9.59 Å². The highest BCUT2D eigenvalue weighted by Crippen LogP contribution is 2.49. The second kappa shape index (κ2) is 12.5. The van der Waals surface area contributed by atoms with Crippen LogP contribution >= 0.6 is 11.8 Å². The number of carbonyl (C=O) groups is 2. The predicted octanol–water partition coefficient (Wildman–Crippen LogP) is 5.77. The van der Waals surface area contributed by atoms with Gasteiger partial charge < -0.3 is 9.80 Å². The second-order valence-corrected chi connectivity index (χ2v) is 12.3. The van der Waals surface area contributed by atoms with Crippen LogP contribution in [0.5, 0.6) is 0 Å². The minimum atomic E-state index is -0.697. The maximum Gasteiger partial charge on any atom is 0.242 e. The zero-order valence-electron chi connectivity index (χ0n) is 25.1. The Kier molecular flexibility index (Phi) is 8.55. The molecule has 3 aromatic carbocycles. The molecule has 0 N–H and O–H groups in total. The lowest BCUT2D eigenvalue weighted by Gasteiger charge is -2.35. The zero-order chi connectivity index (χ0) is 31.0. The van der Waals surface area contributed by atoms with E-state index in [1.165, 1.54) is 28.8 Å². The van der Waals surface area contributed by atoms with E-state index < -0.39 is 16.9 Å². The lowest BCUT2D eigenvalue weighted by molar-refractivity contribution is -0.132. The molecule has 2 aliphatic rings. The number of halogens is 2. The van der Waals surface area contributed by atoms with Gasteiger partial charge in [-0.2, -0.15) is 5.10 Å². The van der Waals surface area contributed by atoms with E-state index in [4.69, 9.17) is 5.10 Å². The van der Waals surface area contributed by atoms with Crippen LogP contribution in [0.25, 0.3) is 16.9 Å². The van der Waals surface area contributed by atoms with E-state index in [2.05, 4.69) is 11.8 Å². The minimum Gasteiger partial charge on any atom is -0.339 e. The largest absolute Gasteiger partial charge is 0.339 e. The summed E-state index contributed by atoms with van der Waals surface area (Å²) in [6.07, 6.45) is 0. The molecule has 1 fully saturated rings. The number of nitrogens with zero attached hydrogens (tertiary/aromatic N) is 5. The Morgan fingerprint density at radius 2 is 1.73 bits per heavy atom. The summed E-state index contributed by atoms with van der Waals surface area (Å²) in [6.45, 7) is 9.60. The Hall–Kier alpha value is -4.02. The highest BCUT2D eigenvalue weighted by atomic mass is 32.2. The van der Waals surface area contributed by atoms with E-state index in [9.17, 15) is 14.0 Å². The molecule has 1 unspecified atom stereocenters. The van der Waals surface area contributed by atoms with Gasteiger partial charge in [-0.1, -0.05) is 55.5 Å². The Balaban J connectivity index is 1.57. The van der Waals surface area contributed by atoms with Gasteiger partial charge in [0.15, 0.2) is 0 Å². The van der Waals surface area contributed by atoms with Crippen LogP contribution < -0.4 is 4.90 Å². The van der Waals surface area contributed by atoms with Gasteiger partial charge in [0.1, 0.15) is 24.0 Å². The maximum absolute atomic E-state index is 15.5. The van der Waals surface area contributed by atoms with E-state index >= 15 is 4.39 Å². The fourth-order valence-corrected chi connectivity index (χ4v) is 7.19. The van der Waals surface area contributed by atoms with E-state index in [0.29, 0.717) is 30.2 Å². The summed E-state index contributed by atoms with van der Waals surface area (Å²) >= 11 is 1.26. The molecule has 44 heavy (non-hydrogen) atoms. The first-order valence-electron chi connectivity index (χ1n) is 14.9. The monoisotopic (exact) mass is 615 g/mol. The summed E-state index contributed by atoms with van der Waals surface area (Å²) in [4.78, 5) is 33.4. The Morgan fingerprint density at radius 3 is 2.43 bits per heavy atom. The van der Waals surface area contributed by atoms with E-state index in [-0.39, 0.29) is 29.7 Å². The highest BCUT2D eigenvalue weighted by Gasteiger charge is 2.39. The number of piperazine rings is 1. The predicted molar refractivity (Wildman–Crippen MR) is 170 cm³/mol. The van der Waals surface area contributed by atoms with Crippen LogP contribution in [0.15, 0.2) is 66.7 Å². The average molecular weight is 616 g/mol. The number of carbonyl (C=O) groups excluding carboxylic acids is 2. The first-order chi connectivity index (χ1) is 21.3. The van der Waals surface area contributed by atoms with Crippen molar-refractivity contribution in [1.29, 1.82) is 0 Å². The molecule has 4 aromatic rings. The zero-order valence-corrected chi connectivity index (χ0v) is 25.9. The molecule has 228 valence electrons. The molecule has 2 amide bonds.